The van der Waals surface area contributed by atoms with Crippen molar-refractivity contribution in [3.05, 3.63) is 33.2 Å². The minimum absolute atomic E-state index is 0.0771. The van der Waals surface area contributed by atoms with Gasteiger partial charge in [-0.3, -0.25) is 10.1 Å². The Hall–Kier alpha value is -2.68. The zero-order chi connectivity index (χ0) is 19.9. The number of nitrogens with two attached hydrogens (primary N) is 2. The highest BCUT2D eigenvalue weighted by atomic mass is 32.1. The molecule has 2 heterocycles. The normalized spacial score (nSPS) is 16.9. The molecular formula is C18H24N6O2S. The number of furan rings is 1. The van der Waals surface area contributed by atoms with Crippen molar-refractivity contribution in [2.75, 3.05) is 5.32 Å². The van der Waals surface area contributed by atoms with Crippen LogP contribution in [0, 0.1) is 26.2 Å². The molecule has 0 saturated heterocycles. The van der Waals surface area contributed by atoms with Crippen LogP contribution in [0.5, 0.6) is 0 Å². The molecule has 5 N–H and O–H groups in total. The quantitative estimate of drug-likeness (QED) is 0.422. The predicted octanol–water partition coefficient (Wildman–Crippen LogP) is 2.86. The number of amides is 1. The van der Waals surface area contributed by atoms with Gasteiger partial charge in [0.25, 0.3) is 5.91 Å². The molecule has 0 aliphatic heterocycles. The van der Waals surface area contributed by atoms with Crippen LogP contribution in [0.1, 0.15) is 58.3 Å². The Bertz CT molecular complexity index is 943. The first kappa shape index (κ1) is 19.1. The molecule has 1 amide bonds. The minimum Gasteiger partial charge on any atom is -0.455 e. The molecule has 0 atom stereocenters. The minimum atomic E-state index is -0.324. The van der Waals surface area contributed by atoms with E-state index in [1.165, 1.54) is 11.3 Å². The van der Waals surface area contributed by atoms with Crippen molar-refractivity contribution in [1.29, 1.82) is 0 Å². The second-order valence-corrected chi connectivity index (χ2v) is 8.76. The van der Waals surface area contributed by atoms with Gasteiger partial charge in [-0.1, -0.05) is 13.8 Å². The first-order chi connectivity index (χ1) is 12.6. The van der Waals surface area contributed by atoms with Crippen LogP contribution < -0.4 is 16.8 Å². The molecule has 2 aromatic rings. The van der Waals surface area contributed by atoms with Gasteiger partial charge in [0, 0.05) is 22.4 Å². The summed E-state index contributed by atoms with van der Waals surface area (Å²) < 4.78 is 5.95. The Morgan fingerprint density at radius 1 is 1.26 bits per heavy atom. The number of aryl methyl sites for hydroxylation is 2. The number of nitrogens with one attached hydrogen (secondary N) is 1. The lowest BCUT2D eigenvalue weighted by Crippen LogP contribution is -2.27. The average Bonchev–Trinajstić information content (AvgIpc) is 3.03. The highest BCUT2D eigenvalue weighted by Crippen LogP contribution is 2.39. The van der Waals surface area contributed by atoms with Crippen molar-refractivity contribution >= 4 is 34.0 Å². The molecule has 9 heteroatoms. The summed E-state index contributed by atoms with van der Waals surface area (Å²) in [4.78, 5) is 18.2. The van der Waals surface area contributed by atoms with Crippen LogP contribution in [0.15, 0.2) is 14.6 Å². The van der Waals surface area contributed by atoms with Crippen LogP contribution in [-0.2, 0) is 6.42 Å². The van der Waals surface area contributed by atoms with Gasteiger partial charge >= 0.3 is 0 Å². The Balaban J connectivity index is 1.99. The van der Waals surface area contributed by atoms with Crippen molar-refractivity contribution in [3.63, 3.8) is 0 Å². The number of thiazole rings is 1. The molecule has 0 saturated carbocycles. The maximum atomic E-state index is 12.8. The fourth-order valence-corrected chi connectivity index (χ4v) is 4.02. The van der Waals surface area contributed by atoms with Gasteiger partial charge < -0.3 is 15.9 Å². The largest absolute Gasteiger partial charge is 0.455 e. The molecule has 3 rings (SSSR count). The standard InChI is InChI=1S/C18H24N6O2S/c1-8-13-11(23-24-16(19)20)6-18(4,5)7-12(13)26-14(8)15(25)22-17-21-9(2)10(3)27-17/h6-7H2,1-5H3,(H4,19,20,24)(H,21,22,25)/b23-11-. The van der Waals surface area contributed by atoms with Gasteiger partial charge in [0.15, 0.2) is 10.9 Å². The molecule has 0 unspecified atom stereocenters. The van der Waals surface area contributed by atoms with E-state index in [1.807, 2.05) is 20.8 Å². The smallest absolute Gasteiger partial charge is 0.293 e. The van der Waals surface area contributed by atoms with Crippen LogP contribution in [0.4, 0.5) is 5.13 Å². The number of aromatic nitrogens is 1. The van der Waals surface area contributed by atoms with Crippen molar-refractivity contribution in [1.82, 2.24) is 4.98 Å². The summed E-state index contributed by atoms with van der Waals surface area (Å²) in [5.41, 5.74) is 13.9. The summed E-state index contributed by atoms with van der Waals surface area (Å²) in [5.74, 6) is 0.557. The van der Waals surface area contributed by atoms with E-state index < -0.39 is 0 Å². The van der Waals surface area contributed by atoms with Gasteiger partial charge in [-0.05, 0) is 32.6 Å². The average molecular weight is 388 g/mol. The van der Waals surface area contributed by atoms with Crippen molar-refractivity contribution in [3.8, 4) is 0 Å². The molecule has 8 nitrogen and oxygen atoms in total. The third-order valence-corrected chi connectivity index (χ3v) is 5.52. The number of carbonyl (C=O) groups excluding carboxylic acids is 1. The zero-order valence-corrected chi connectivity index (χ0v) is 17.0. The summed E-state index contributed by atoms with van der Waals surface area (Å²) >= 11 is 1.44. The third kappa shape index (κ3) is 3.87. The highest BCUT2D eigenvalue weighted by molar-refractivity contribution is 7.15. The van der Waals surface area contributed by atoms with Crippen LogP contribution in [0.3, 0.4) is 0 Å². The van der Waals surface area contributed by atoms with Crippen molar-refractivity contribution in [2.45, 2.75) is 47.5 Å². The van der Waals surface area contributed by atoms with Gasteiger partial charge in [0.2, 0.25) is 5.96 Å². The molecule has 0 spiro atoms. The summed E-state index contributed by atoms with van der Waals surface area (Å²) in [5, 5.41) is 11.4. The SMILES string of the molecule is Cc1nc(NC(=O)c2oc3c(c2C)/C(=N\N=C(N)N)CC(C)(C)C3)sc1C. The predicted molar refractivity (Wildman–Crippen MR) is 107 cm³/mol. The van der Waals surface area contributed by atoms with E-state index in [2.05, 4.69) is 34.4 Å². The topological polar surface area (TPSA) is 132 Å². The number of fused-ring (bicyclic) bond motifs is 1. The lowest BCUT2D eigenvalue weighted by atomic mass is 9.75. The van der Waals surface area contributed by atoms with E-state index in [4.69, 9.17) is 15.9 Å². The second kappa shape index (κ2) is 6.80. The van der Waals surface area contributed by atoms with Gasteiger partial charge in [-0.15, -0.1) is 16.4 Å². The molecule has 1 aliphatic rings. The molecule has 27 heavy (non-hydrogen) atoms. The van der Waals surface area contributed by atoms with E-state index in [0.29, 0.717) is 18.0 Å². The molecule has 0 radical (unpaired) electrons. The Morgan fingerprint density at radius 2 is 1.96 bits per heavy atom. The molecule has 0 fully saturated rings. The number of rotatable bonds is 3. The lowest BCUT2D eigenvalue weighted by molar-refractivity contribution is 0.0993. The van der Waals surface area contributed by atoms with E-state index in [1.54, 1.807) is 0 Å². The van der Waals surface area contributed by atoms with Crippen LogP contribution in [0.2, 0.25) is 0 Å². The van der Waals surface area contributed by atoms with Crippen LogP contribution >= 0.6 is 11.3 Å². The van der Waals surface area contributed by atoms with Crippen LogP contribution in [0.25, 0.3) is 0 Å². The van der Waals surface area contributed by atoms with Crippen molar-refractivity contribution < 1.29 is 9.21 Å². The van der Waals surface area contributed by atoms with Gasteiger partial charge in [-0.25, -0.2) is 4.98 Å². The monoisotopic (exact) mass is 388 g/mol. The van der Waals surface area contributed by atoms with E-state index in [-0.39, 0.29) is 23.0 Å². The Kier molecular flexibility index (Phi) is 4.81. The number of hydrogen-bond donors (Lipinski definition) is 3. The third-order valence-electron chi connectivity index (χ3n) is 4.53. The molecule has 144 valence electrons. The number of guanidine groups is 1. The van der Waals surface area contributed by atoms with Gasteiger partial charge in [0.05, 0.1) is 11.4 Å². The second-order valence-electron chi connectivity index (χ2n) is 7.56. The molecule has 0 aromatic carbocycles. The fourth-order valence-electron chi connectivity index (χ4n) is 3.21. The van der Waals surface area contributed by atoms with E-state index in [9.17, 15) is 4.79 Å². The zero-order valence-electron chi connectivity index (χ0n) is 16.1. The maximum Gasteiger partial charge on any atom is 0.293 e. The Morgan fingerprint density at radius 3 is 2.56 bits per heavy atom. The van der Waals surface area contributed by atoms with Gasteiger partial charge in [-0.2, -0.15) is 5.10 Å². The van der Waals surface area contributed by atoms with Crippen molar-refractivity contribution in [2.24, 2.45) is 27.1 Å². The van der Waals surface area contributed by atoms with E-state index >= 15 is 0 Å². The van der Waals surface area contributed by atoms with Crippen LogP contribution in [-0.4, -0.2) is 22.6 Å². The molecule has 2 aromatic heterocycles. The Labute approximate surface area is 161 Å². The number of anilines is 1. The summed E-state index contributed by atoms with van der Waals surface area (Å²) in [6.45, 7) is 9.94. The summed E-state index contributed by atoms with van der Waals surface area (Å²) in [6.07, 6.45) is 1.38. The lowest BCUT2D eigenvalue weighted by Gasteiger charge is -2.29. The van der Waals surface area contributed by atoms with E-state index in [0.717, 1.165) is 33.2 Å². The molecular weight excluding hydrogens is 364 g/mol. The first-order valence-electron chi connectivity index (χ1n) is 8.61. The van der Waals surface area contributed by atoms with Gasteiger partial charge in [0.1, 0.15) is 5.76 Å². The fraction of sp³-hybridized carbons (Fsp3) is 0.444. The first-order valence-corrected chi connectivity index (χ1v) is 9.42. The maximum absolute atomic E-state index is 12.8. The summed E-state index contributed by atoms with van der Waals surface area (Å²) in [6, 6.07) is 0. The number of hydrogen-bond acceptors (Lipinski definition) is 6. The summed E-state index contributed by atoms with van der Waals surface area (Å²) in [7, 11) is 0. The molecule has 0 bridgehead atoms. The highest BCUT2D eigenvalue weighted by Gasteiger charge is 2.36. The number of carbonyl (C=O) groups is 1. The molecule has 1 aliphatic carbocycles. The number of nitrogens with zero attached hydrogens (tertiary/aromatic N) is 3.